The topological polar surface area (TPSA) is 80.0 Å². The molecule has 1 aromatic carbocycles. The van der Waals surface area contributed by atoms with E-state index in [2.05, 4.69) is 31.6 Å². The molecule has 0 aliphatic heterocycles. The van der Waals surface area contributed by atoms with Crippen LogP contribution >= 0.6 is 15.9 Å². The number of amides is 1. The van der Waals surface area contributed by atoms with Crippen molar-refractivity contribution in [2.75, 3.05) is 5.32 Å². The highest BCUT2D eigenvalue weighted by atomic mass is 79.9. The van der Waals surface area contributed by atoms with E-state index in [1.54, 1.807) is 18.3 Å². The second kappa shape index (κ2) is 6.62. The number of aliphatic hydroxyl groups is 1. The summed E-state index contributed by atoms with van der Waals surface area (Å²) < 4.78 is 2.35. The lowest BCUT2D eigenvalue weighted by Gasteiger charge is -2.05. The first kappa shape index (κ1) is 14.7. The molecular weight excluding hydrogens is 324 g/mol. The zero-order chi connectivity index (χ0) is 14.5. The third kappa shape index (κ3) is 3.88. The second-order valence-corrected chi connectivity index (χ2v) is 5.24. The van der Waals surface area contributed by atoms with E-state index in [0.29, 0.717) is 17.8 Å². The summed E-state index contributed by atoms with van der Waals surface area (Å²) in [4.78, 5) is 11.8. The van der Waals surface area contributed by atoms with Gasteiger partial charge in [-0.2, -0.15) is 0 Å². The van der Waals surface area contributed by atoms with Gasteiger partial charge in [-0.15, -0.1) is 5.10 Å². The first-order valence-electron chi connectivity index (χ1n) is 6.22. The third-order valence-corrected chi connectivity index (χ3v) is 3.25. The molecule has 106 valence electrons. The largest absolute Gasteiger partial charge is 0.387 e. The van der Waals surface area contributed by atoms with Gasteiger partial charge in [0.15, 0.2) is 0 Å². The number of anilines is 1. The first-order chi connectivity index (χ1) is 9.58. The summed E-state index contributed by atoms with van der Waals surface area (Å²) in [6.45, 7) is 1.91. The summed E-state index contributed by atoms with van der Waals surface area (Å²) in [7, 11) is 0. The highest BCUT2D eigenvalue weighted by molar-refractivity contribution is 9.10. The van der Waals surface area contributed by atoms with Crippen molar-refractivity contribution in [1.82, 2.24) is 15.0 Å². The Hall–Kier alpha value is -1.73. The van der Waals surface area contributed by atoms with E-state index in [1.165, 1.54) is 4.68 Å². The fourth-order valence-electron chi connectivity index (χ4n) is 1.63. The number of nitrogens with zero attached hydrogens (tertiary/aromatic N) is 3. The Balaban J connectivity index is 1.94. The number of carbonyl (C=O) groups is 1. The molecule has 0 saturated carbocycles. The molecule has 0 spiro atoms. The van der Waals surface area contributed by atoms with Gasteiger partial charge in [-0.3, -0.25) is 4.79 Å². The average molecular weight is 339 g/mol. The molecule has 1 heterocycles. The maximum atomic E-state index is 11.8. The minimum absolute atomic E-state index is 0.0551. The number of aliphatic hydroxyl groups excluding tert-OH is 1. The Morgan fingerprint density at radius 3 is 2.80 bits per heavy atom. The molecule has 20 heavy (non-hydrogen) atoms. The van der Waals surface area contributed by atoms with Crippen LogP contribution in [0.25, 0.3) is 0 Å². The van der Waals surface area contributed by atoms with Crippen molar-refractivity contribution < 1.29 is 9.90 Å². The van der Waals surface area contributed by atoms with Crippen molar-refractivity contribution in [3.05, 3.63) is 40.6 Å². The van der Waals surface area contributed by atoms with Gasteiger partial charge in [0.25, 0.3) is 0 Å². The molecule has 1 aromatic heterocycles. The van der Waals surface area contributed by atoms with Gasteiger partial charge < -0.3 is 10.4 Å². The Morgan fingerprint density at radius 2 is 2.15 bits per heavy atom. The van der Waals surface area contributed by atoms with Gasteiger partial charge in [0.1, 0.15) is 12.2 Å². The van der Waals surface area contributed by atoms with Gasteiger partial charge in [-0.05, 0) is 30.7 Å². The van der Waals surface area contributed by atoms with Crippen LogP contribution in [-0.4, -0.2) is 26.0 Å². The maximum absolute atomic E-state index is 11.8. The summed E-state index contributed by atoms with van der Waals surface area (Å²) in [5.41, 5.74) is 1.19. The standard InChI is InChI=1S/C13H15BrN4O2/c1-2-12(19)11-7-18(17-16-11)8-13(20)15-10-5-3-9(14)4-6-10/h3-7,12,19H,2,8H2,1H3,(H,15,20). The van der Waals surface area contributed by atoms with Crippen LogP contribution in [0.4, 0.5) is 5.69 Å². The SMILES string of the molecule is CCC(O)c1cn(CC(=O)Nc2ccc(Br)cc2)nn1. The quantitative estimate of drug-likeness (QED) is 0.875. The van der Waals surface area contributed by atoms with Crippen LogP contribution in [0.2, 0.25) is 0 Å². The fourth-order valence-corrected chi connectivity index (χ4v) is 1.90. The summed E-state index contributed by atoms with van der Waals surface area (Å²) in [5.74, 6) is -0.199. The lowest BCUT2D eigenvalue weighted by molar-refractivity contribution is -0.116. The van der Waals surface area contributed by atoms with E-state index in [9.17, 15) is 9.90 Å². The molecule has 2 aromatic rings. The molecular formula is C13H15BrN4O2. The molecule has 1 unspecified atom stereocenters. The monoisotopic (exact) mass is 338 g/mol. The minimum atomic E-state index is -0.640. The Morgan fingerprint density at radius 1 is 1.45 bits per heavy atom. The van der Waals surface area contributed by atoms with E-state index < -0.39 is 6.10 Å². The van der Waals surface area contributed by atoms with Gasteiger partial charge in [-0.1, -0.05) is 28.1 Å². The lowest BCUT2D eigenvalue weighted by Crippen LogP contribution is -2.19. The van der Waals surface area contributed by atoms with Crippen LogP contribution < -0.4 is 5.32 Å². The highest BCUT2D eigenvalue weighted by Gasteiger charge is 2.11. The maximum Gasteiger partial charge on any atom is 0.246 e. The number of carbonyl (C=O) groups excluding carboxylic acids is 1. The molecule has 7 heteroatoms. The number of hydrogen-bond donors (Lipinski definition) is 2. The van der Waals surface area contributed by atoms with Crippen molar-refractivity contribution in [3.63, 3.8) is 0 Å². The normalized spacial score (nSPS) is 12.2. The van der Waals surface area contributed by atoms with E-state index in [4.69, 9.17) is 0 Å². The van der Waals surface area contributed by atoms with Crippen LogP contribution in [0.1, 0.15) is 25.1 Å². The molecule has 0 aliphatic rings. The lowest BCUT2D eigenvalue weighted by atomic mass is 10.2. The van der Waals surface area contributed by atoms with Crippen molar-refractivity contribution in [1.29, 1.82) is 0 Å². The molecule has 0 saturated heterocycles. The molecule has 1 atom stereocenters. The molecule has 0 fully saturated rings. The smallest absolute Gasteiger partial charge is 0.246 e. The predicted molar refractivity (Wildman–Crippen MR) is 78.0 cm³/mol. The molecule has 2 rings (SSSR count). The average Bonchev–Trinajstić information content (AvgIpc) is 2.89. The van der Waals surface area contributed by atoms with Crippen LogP contribution in [0, 0.1) is 0 Å². The van der Waals surface area contributed by atoms with Crippen LogP contribution in [-0.2, 0) is 11.3 Å². The van der Waals surface area contributed by atoms with Crippen LogP contribution in [0.3, 0.4) is 0 Å². The Labute approximate surface area is 124 Å². The number of rotatable bonds is 5. The molecule has 6 nitrogen and oxygen atoms in total. The molecule has 0 bridgehead atoms. The predicted octanol–water partition coefficient (Wildman–Crippen LogP) is 2.12. The molecule has 0 radical (unpaired) electrons. The first-order valence-corrected chi connectivity index (χ1v) is 7.01. The molecule has 2 N–H and O–H groups in total. The second-order valence-electron chi connectivity index (χ2n) is 4.32. The fraction of sp³-hybridized carbons (Fsp3) is 0.308. The number of benzene rings is 1. The van der Waals surface area contributed by atoms with E-state index >= 15 is 0 Å². The van der Waals surface area contributed by atoms with Crippen molar-refractivity contribution in [2.45, 2.75) is 26.0 Å². The summed E-state index contributed by atoms with van der Waals surface area (Å²) in [5, 5.41) is 20.0. The van der Waals surface area contributed by atoms with E-state index in [1.807, 2.05) is 19.1 Å². The van der Waals surface area contributed by atoms with Gasteiger partial charge in [0.05, 0.1) is 12.3 Å². The Bertz CT molecular complexity index is 582. The van der Waals surface area contributed by atoms with Crippen LogP contribution in [0.15, 0.2) is 34.9 Å². The molecule has 0 aliphatic carbocycles. The van der Waals surface area contributed by atoms with Crippen molar-refractivity contribution >= 4 is 27.5 Å². The number of nitrogens with one attached hydrogen (secondary N) is 1. The van der Waals surface area contributed by atoms with Crippen molar-refractivity contribution in [2.24, 2.45) is 0 Å². The van der Waals surface area contributed by atoms with Gasteiger partial charge in [0, 0.05) is 10.2 Å². The number of aromatic nitrogens is 3. The number of hydrogen-bond acceptors (Lipinski definition) is 4. The third-order valence-electron chi connectivity index (χ3n) is 2.72. The minimum Gasteiger partial charge on any atom is -0.387 e. The Kier molecular flexibility index (Phi) is 4.86. The zero-order valence-corrected chi connectivity index (χ0v) is 12.5. The summed E-state index contributed by atoms with van der Waals surface area (Å²) in [6, 6.07) is 7.30. The highest BCUT2D eigenvalue weighted by Crippen LogP contribution is 2.14. The summed E-state index contributed by atoms with van der Waals surface area (Å²) in [6.07, 6.45) is 1.50. The van der Waals surface area contributed by atoms with Gasteiger partial charge in [0.2, 0.25) is 5.91 Å². The number of halogens is 1. The van der Waals surface area contributed by atoms with Gasteiger partial charge in [-0.25, -0.2) is 4.68 Å². The van der Waals surface area contributed by atoms with Gasteiger partial charge >= 0.3 is 0 Å². The van der Waals surface area contributed by atoms with Crippen LogP contribution in [0.5, 0.6) is 0 Å². The van der Waals surface area contributed by atoms with E-state index in [-0.39, 0.29) is 12.5 Å². The summed E-state index contributed by atoms with van der Waals surface area (Å²) >= 11 is 3.33. The van der Waals surface area contributed by atoms with Crippen molar-refractivity contribution in [3.8, 4) is 0 Å². The molecule has 1 amide bonds. The van der Waals surface area contributed by atoms with E-state index in [0.717, 1.165) is 4.47 Å². The zero-order valence-electron chi connectivity index (χ0n) is 11.0.